The first-order valence-electron chi connectivity index (χ1n) is 10.2. The van der Waals surface area contributed by atoms with Crippen LogP contribution in [0.2, 0.25) is 0 Å². The summed E-state index contributed by atoms with van der Waals surface area (Å²) in [5.41, 5.74) is 4.65. The summed E-state index contributed by atoms with van der Waals surface area (Å²) < 4.78 is 5.55. The maximum absolute atomic E-state index is 5.55. The summed E-state index contributed by atoms with van der Waals surface area (Å²) in [6.07, 6.45) is 1.79. The fourth-order valence-electron chi connectivity index (χ4n) is 3.50. The fourth-order valence-corrected chi connectivity index (χ4v) is 3.50. The molecule has 5 aromatic rings. The molecule has 3 heterocycles. The first-order valence-corrected chi connectivity index (χ1v) is 10.2. The molecule has 0 saturated heterocycles. The first kappa shape index (κ1) is 18.9. The van der Waals surface area contributed by atoms with Gasteiger partial charge in [-0.3, -0.25) is 4.98 Å². The van der Waals surface area contributed by atoms with E-state index >= 15 is 0 Å². The highest BCUT2D eigenvalue weighted by Crippen LogP contribution is 2.32. The van der Waals surface area contributed by atoms with Crippen LogP contribution in [0.1, 0.15) is 24.2 Å². The predicted octanol–water partition coefficient (Wildman–Crippen LogP) is 5.83. The van der Waals surface area contributed by atoms with Crippen molar-refractivity contribution in [3.05, 3.63) is 90.3 Å². The molecule has 6 heteroatoms. The second-order valence-corrected chi connectivity index (χ2v) is 7.49. The van der Waals surface area contributed by atoms with E-state index in [1.54, 1.807) is 6.20 Å². The Balaban J connectivity index is 1.60. The average molecular weight is 407 g/mol. The number of anilines is 1. The molecule has 0 aliphatic rings. The maximum atomic E-state index is 5.55. The van der Waals surface area contributed by atoms with Gasteiger partial charge < -0.3 is 9.84 Å². The lowest BCUT2D eigenvalue weighted by Gasteiger charge is -2.16. The van der Waals surface area contributed by atoms with E-state index in [-0.39, 0.29) is 6.04 Å². The smallest absolute Gasteiger partial charge is 0.258 e. The number of nitrogens with zero attached hydrogens (tertiary/aromatic N) is 4. The van der Waals surface area contributed by atoms with Crippen LogP contribution in [-0.2, 0) is 0 Å². The number of hydrogen-bond acceptors (Lipinski definition) is 6. The molecule has 0 spiro atoms. The van der Waals surface area contributed by atoms with Crippen molar-refractivity contribution in [3.63, 3.8) is 0 Å². The fraction of sp³-hybridized carbons (Fsp3) is 0.120. The molecule has 1 atom stereocenters. The normalized spacial score (nSPS) is 12.1. The van der Waals surface area contributed by atoms with Gasteiger partial charge in [0.25, 0.3) is 5.89 Å². The Morgan fingerprint density at radius 1 is 0.903 bits per heavy atom. The van der Waals surface area contributed by atoms with Gasteiger partial charge in [-0.05, 0) is 55.8 Å². The molecule has 0 fully saturated rings. The highest BCUT2D eigenvalue weighted by Gasteiger charge is 2.18. The van der Waals surface area contributed by atoms with Crippen molar-refractivity contribution in [3.8, 4) is 22.8 Å². The molecule has 5 rings (SSSR count). The van der Waals surface area contributed by atoms with E-state index in [9.17, 15) is 0 Å². The second-order valence-electron chi connectivity index (χ2n) is 7.49. The maximum Gasteiger partial charge on any atom is 0.258 e. The Morgan fingerprint density at radius 2 is 1.74 bits per heavy atom. The van der Waals surface area contributed by atoms with E-state index in [1.165, 1.54) is 0 Å². The molecular formula is C25H21N5O. The van der Waals surface area contributed by atoms with Gasteiger partial charge in [-0.25, -0.2) is 4.98 Å². The Kier molecular flexibility index (Phi) is 4.88. The zero-order valence-corrected chi connectivity index (χ0v) is 17.3. The van der Waals surface area contributed by atoms with Crippen molar-refractivity contribution < 1.29 is 4.52 Å². The summed E-state index contributed by atoms with van der Waals surface area (Å²) in [6.45, 7) is 4.11. The van der Waals surface area contributed by atoms with E-state index in [2.05, 4.69) is 58.6 Å². The number of hydrogen-bond donors (Lipinski definition) is 1. The molecule has 0 amide bonds. The Bertz CT molecular complexity index is 1330. The lowest BCUT2D eigenvalue weighted by Crippen LogP contribution is -2.10. The monoisotopic (exact) mass is 407 g/mol. The van der Waals surface area contributed by atoms with Crippen molar-refractivity contribution in [1.82, 2.24) is 20.1 Å². The Morgan fingerprint density at radius 3 is 2.55 bits per heavy atom. The molecule has 1 unspecified atom stereocenters. The number of rotatable bonds is 5. The number of pyridine rings is 2. The van der Waals surface area contributed by atoms with Crippen LogP contribution in [0, 0.1) is 6.92 Å². The second kappa shape index (κ2) is 7.99. The third kappa shape index (κ3) is 3.88. The van der Waals surface area contributed by atoms with Crippen molar-refractivity contribution in [2.45, 2.75) is 19.9 Å². The summed E-state index contributed by atoms with van der Waals surface area (Å²) in [4.78, 5) is 14.0. The van der Waals surface area contributed by atoms with Crippen LogP contribution in [0.4, 0.5) is 5.82 Å². The summed E-state index contributed by atoms with van der Waals surface area (Å²) >= 11 is 0. The summed E-state index contributed by atoms with van der Waals surface area (Å²) in [5.74, 6) is 1.66. The minimum Gasteiger partial charge on any atom is -0.361 e. The van der Waals surface area contributed by atoms with Crippen LogP contribution in [0.3, 0.4) is 0 Å². The van der Waals surface area contributed by atoms with Crippen molar-refractivity contribution in [2.24, 2.45) is 0 Å². The lowest BCUT2D eigenvalue weighted by atomic mass is 10.1. The van der Waals surface area contributed by atoms with Gasteiger partial charge in [-0.15, -0.1) is 0 Å². The SMILES string of the molecule is Cc1ccc2cc(-c3noc(-c4ccccc4)n3)c(NC(C)c3ccccn3)nc2c1. The van der Waals surface area contributed by atoms with Gasteiger partial charge in [0.15, 0.2) is 0 Å². The minimum atomic E-state index is -0.0461. The Labute approximate surface area is 180 Å². The third-order valence-corrected chi connectivity index (χ3v) is 5.15. The highest BCUT2D eigenvalue weighted by molar-refractivity contribution is 5.88. The van der Waals surface area contributed by atoms with E-state index in [4.69, 9.17) is 9.51 Å². The minimum absolute atomic E-state index is 0.0461. The van der Waals surface area contributed by atoms with Crippen LogP contribution < -0.4 is 5.32 Å². The third-order valence-electron chi connectivity index (χ3n) is 5.15. The van der Waals surface area contributed by atoms with Gasteiger partial charge in [0.05, 0.1) is 22.8 Å². The first-order chi connectivity index (χ1) is 15.2. The van der Waals surface area contributed by atoms with Crippen LogP contribution in [0.25, 0.3) is 33.7 Å². The molecule has 31 heavy (non-hydrogen) atoms. The van der Waals surface area contributed by atoms with Crippen LogP contribution in [-0.4, -0.2) is 20.1 Å². The number of benzene rings is 2. The standard InChI is InChI=1S/C25H21N5O/c1-16-11-12-19-15-20(24-29-25(31-30-24)18-8-4-3-5-9-18)23(28-22(19)14-16)27-17(2)21-10-6-7-13-26-21/h3-15,17H,1-2H3,(H,27,28). The topological polar surface area (TPSA) is 76.7 Å². The van der Waals surface area contributed by atoms with Crippen molar-refractivity contribution >= 4 is 16.7 Å². The molecule has 1 N–H and O–H groups in total. The van der Waals surface area contributed by atoms with E-state index in [1.807, 2.05) is 48.5 Å². The number of nitrogens with one attached hydrogen (secondary N) is 1. The zero-order chi connectivity index (χ0) is 21.2. The van der Waals surface area contributed by atoms with Gasteiger partial charge in [-0.2, -0.15) is 4.98 Å². The van der Waals surface area contributed by atoms with E-state index in [0.717, 1.165) is 33.3 Å². The molecule has 2 aromatic carbocycles. The molecule has 6 nitrogen and oxygen atoms in total. The van der Waals surface area contributed by atoms with Gasteiger partial charge in [0.1, 0.15) is 5.82 Å². The van der Waals surface area contributed by atoms with Crippen molar-refractivity contribution in [1.29, 1.82) is 0 Å². The quantitative estimate of drug-likeness (QED) is 0.395. The van der Waals surface area contributed by atoms with Crippen LogP contribution in [0.15, 0.2) is 83.5 Å². The molecule has 152 valence electrons. The Hall–Kier alpha value is -4.06. The van der Waals surface area contributed by atoms with Gasteiger partial charge in [0.2, 0.25) is 5.82 Å². The van der Waals surface area contributed by atoms with Crippen LogP contribution in [0.5, 0.6) is 0 Å². The van der Waals surface area contributed by atoms with Gasteiger partial charge >= 0.3 is 0 Å². The molecule has 0 saturated carbocycles. The molecule has 0 aliphatic carbocycles. The molecular weight excluding hydrogens is 386 g/mol. The number of aromatic nitrogens is 4. The summed E-state index contributed by atoms with van der Waals surface area (Å²) in [5, 5.41) is 8.75. The molecule has 0 bridgehead atoms. The van der Waals surface area contributed by atoms with E-state index in [0.29, 0.717) is 17.5 Å². The van der Waals surface area contributed by atoms with Gasteiger partial charge in [-0.1, -0.05) is 41.6 Å². The predicted molar refractivity (Wildman–Crippen MR) is 121 cm³/mol. The molecule has 0 aliphatic heterocycles. The largest absolute Gasteiger partial charge is 0.361 e. The average Bonchev–Trinajstić information content (AvgIpc) is 3.30. The van der Waals surface area contributed by atoms with Crippen LogP contribution >= 0.6 is 0 Å². The van der Waals surface area contributed by atoms with E-state index < -0.39 is 0 Å². The lowest BCUT2D eigenvalue weighted by molar-refractivity contribution is 0.432. The zero-order valence-electron chi connectivity index (χ0n) is 17.3. The van der Waals surface area contributed by atoms with Gasteiger partial charge in [0, 0.05) is 17.1 Å². The summed E-state index contributed by atoms with van der Waals surface area (Å²) in [6, 6.07) is 23.8. The molecule has 0 radical (unpaired) electrons. The summed E-state index contributed by atoms with van der Waals surface area (Å²) in [7, 11) is 0. The number of aryl methyl sites for hydroxylation is 1. The van der Waals surface area contributed by atoms with Crippen molar-refractivity contribution in [2.75, 3.05) is 5.32 Å². The molecule has 3 aromatic heterocycles. The highest BCUT2D eigenvalue weighted by atomic mass is 16.5. The number of fused-ring (bicyclic) bond motifs is 1.